The zero-order chi connectivity index (χ0) is 14.1. The summed E-state index contributed by atoms with van der Waals surface area (Å²) in [5.74, 6) is 1.00. The van der Waals surface area contributed by atoms with Gasteiger partial charge in [-0.15, -0.1) is 0 Å². The van der Waals surface area contributed by atoms with Crippen molar-refractivity contribution < 1.29 is 4.42 Å². The van der Waals surface area contributed by atoms with Gasteiger partial charge in [0, 0.05) is 25.2 Å². The minimum atomic E-state index is 0.157. The first-order valence-electron chi connectivity index (χ1n) is 6.85. The summed E-state index contributed by atoms with van der Waals surface area (Å²) in [6, 6.07) is 10.3. The molecule has 0 amide bonds. The van der Waals surface area contributed by atoms with Crippen LogP contribution >= 0.6 is 0 Å². The highest BCUT2D eigenvalue weighted by molar-refractivity contribution is 5.82. The summed E-state index contributed by atoms with van der Waals surface area (Å²) >= 11 is 0. The topological polar surface area (TPSA) is 43.0 Å². The van der Waals surface area contributed by atoms with Gasteiger partial charge in [0.2, 0.25) is 0 Å². The van der Waals surface area contributed by atoms with Crippen LogP contribution in [0, 0.1) is 6.92 Å². The number of nitrogens with one attached hydrogen (secondary N) is 1. The van der Waals surface area contributed by atoms with Gasteiger partial charge in [0.05, 0.1) is 11.7 Å². The van der Waals surface area contributed by atoms with E-state index < -0.39 is 0 Å². The van der Waals surface area contributed by atoms with Crippen molar-refractivity contribution in [2.24, 2.45) is 7.05 Å². The van der Waals surface area contributed by atoms with E-state index in [1.54, 1.807) is 0 Å². The third kappa shape index (κ3) is 2.34. The number of hydrogen-bond donors (Lipinski definition) is 1. The molecule has 0 fully saturated rings. The number of para-hydroxylation sites is 1. The van der Waals surface area contributed by atoms with E-state index in [4.69, 9.17) is 4.42 Å². The molecule has 0 aliphatic carbocycles. The Kier molecular flexibility index (Phi) is 3.32. The lowest BCUT2D eigenvalue weighted by Crippen LogP contribution is -2.18. The fourth-order valence-electron chi connectivity index (χ4n) is 2.51. The number of benzene rings is 1. The van der Waals surface area contributed by atoms with Crippen molar-refractivity contribution in [1.82, 2.24) is 15.1 Å². The monoisotopic (exact) mass is 269 g/mol. The van der Waals surface area contributed by atoms with Gasteiger partial charge in [-0.25, -0.2) is 0 Å². The van der Waals surface area contributed by atoms with E-state index in [-0.39, 0.29) is 6.04 Å². The predicted molar refractivity (Wildman–Crippen MR) is 79.4 cm³/mol. The summed E-state index contributed by atoms with van der Waals surface area (Å²) in [6.07, 6.45) is 1.95. The molecule has 104 valence electrons. The number of fused-ring (bicyclic) bond motifs is 1. The maximum absolute atomic E-state index is 5.97. The van der Waals surface area contributed by atoms with Crippen LogP contribution in [0.25, 0.3) is 11.0 Å². The summed E-state index contributed by atoms with van der Waals surface area (Å²) in [5, 5.41) is 9.01. The zero-order valence-corrected chi connectivity index (χ0v) is 12.1. The maximum Gasteiger partial charge on any atom is 0.134 e. The normalized spacial score (nSPS) is 12.9. The van der Waals surface area contributed by atoms with Crippen molar-refractivity contribution in [3.05, 3.63) is 53.5 Å². The van der Waals surface area contributed by atoms with E-state index >= 15 is 0 Å². The highest BCUT2D eigenvalue weighted by atomic mass is 16.3. The van der Waals surface area contributed by atoms with E-state index in [0.29, 0.717) is 0 Å². The standard InChI is InChI=1S/C16H19N3O/c1-11-14-6-4-5-7-15(14)20-16(11)12(2)17-10-13-8-9-19(3)18-13/h4-9,12,17H,10H2,1-3H3. The third-order valence-electron chi connectivity index (χ3n) is 3.63. The van der Waals surface area contributed by atoms with E-state index in [2.05, 4.69) is 30.3 Å². The molecule has 0 bridgehead atoms. The molecule has 4 nitrogen and oxygen atoms in total. The minimum absolute atomic E-state index is 0.157. The number of furan rings is 1. The second-order valence-corrected chi connectivity index (χ2v) is 5.17. The molecule has 1 aromatic carbocycles. The van der Waals surface area contributed by atoms with E-state index in [9.17, 15) is 0 Å². The fourth-order valence-corrected chi connectivity index (χ4v) is 2.51. The molecule has 0 saturated heterocycles. The van der Waals surface area contributed by atoms with Crippen LogP contribution in [0.2, 0.25) is 0 Å². The molecule has 3 aromatic rings. The Morgan fingerprint density at radius 2 is 2.10 bits per heavy atom. The number of rotatable bonds is 4. The van der Waals surface area contributed by atoms with Crippen molar-refractivity contribution >= 4 is 11.0 Å². The van der Waals surface area contributed by atoms with Crippen LogP contribution in [0.5, 0.6) is 0 Å². The van der Waals surface area contributed by atoms with Crippen molar-refractivity contribution in [3.8, 4) is 0 Å². The molecule has 2 aromatic heterocycles. The molecule has 20 heavy (non-hydrogen) atoms. The summed E-state index contributed by atoms with van der Waals surface area (Å²) in [7, 11) is 1.93. The van der Waals surface area contributed by atoms with Gasteiger partial charge in [-0.3, -0.25) is 4.68 Å². The van der Waals surface area contributed by atoms with Crippen molar-refractivity contribution in [2.75, 3.05) is 0 Å². The first kappa shape index (κ1) is 12.9. The molecular weight excluding hydrogens is 250 g/mol. The molecule has 0 radical (unpaired) electrons. The predicted octanol–water partition coefficient (Wildman–Crippen LogP) is 3.33. The lowest BCUT2D eigenvalue weighted by molar-refractivity contribution is 0.445. The Morgan fingerprint density at radius 1 is 1.30 bits per heavy atom. The highest BCUT2D eigenvalue weighted by Gasteiger charge is 2.16. The van der Waals surface area contributed by atoms with Crippen molar-refractivity contribution in [2.45, 2.75) is 26.4 Å². The summed E-state index contributed by atoms with van der Waals surface area (Å²) in [4.78, 5) is 0. The van der Waals surface area contributed by atoms with Gasteiger partial charge in [-0.05, 0) is 31.5 Å². The van der Waals surface area contributed by atoms with Crippen LogP contribution < -0.4 is 5.32 Å². The lowest BCUT2D eigenvalue weighted by Gasteiger charge is -2.11. The van der Waals surface area contributed by atoms with E-state index in [1.165, 1.54) is 10.9 Å². The molecule has 0 aliphatic rings. The second-order valence-electron chi connectivity index (χ2n) is 5.17. The summed E-state index contributed by atoms with van der Waals surface area (Å²) < 4.78 is 7.78. The fraction of sp³-hybridized carbons (Fsp3) is 0.312. The van der Waals surface area contributed by atoms with Crippen molar-refractivity contribution in [3.63, 3.8) is 0 Å². The molecule has 0 spiro atoms. The molecule has 2 heterocycles. The van der Waals surface area contributed by atoms with Crippen LogP contribution in [-0.2, 0) is 13.6 Å². The van der Waals surface area contributed by atoms with Gasteiger partial charge in [-0.2, -0.15) is 5.10 Å². The molecule has 1 atom stereocenters. The first-order valence-corrected chi connectivity index (χ1v) is 6.85. The summed E-state index contributed by atoms with van der Waals surface area (Å²) in [5.41, 5.74) is 3.20. The quantitative estimate of drug-likeness (QED) is 0.790. The Labute approximate surface area is 118 Å². The van der Waals surface area contributed by atoms with Crippen LogP contribution in [0.1, 0.15) is 30.0 Å². The van der Waals surface area contributed by atoms with Crippen LogP contribution in [0.4, 0.5) is 0 Å². The Morgan fingerprint density at radius 3 is 2.80 bits per heavy atom. The number of nitrogens with zero attached hydrogens (tertiary/aromatic N) is 2. The third-order valence-corrected chi connectivity index (χ3v) is 3.63. The van der Waals surface area contributed by atoms with Crippen molar-refractivity contribution in [1.29, 1.82) is 0 Å². The number of hydrogen-bond acceptors (Lipinski definition) is 3. The summed E-state index contributed by atoms with van der Waals surface area (Å²) in [6.45, 7) is 4.96. The van der Waals surface area contributed by atoms with Crippen LogP contribution in [-0.4, -0.2) is 9.78 Å². The number of aromatic nitrogens is 2. The largest absolute Gasteiger partial charge is 0.459 e. The Hall–Kier alpha value is -2.07. The Bertz CT molecular complexity index is 726. The van der Waals surface area contributed by atoms with Gasteiger partial charge in [0.15, 0.2) is 0 Å². The van der Waals surface area contributed by atoms with Gasteiger partial charge in [-0.1, -0.05) is 18.2 Å². The molecule has 4 heteroatoms. The molecule has 1 N–H and O–H groups in total. The molecule has 1 unspecified atom stereocenters. The van der Waals surface area contributed by atoms with E-state index in [0.717, 1.165) is 23.6 Å². The van der Waals surface area contributed by atoms with Crippen LogP contribution in [0.3, 0.4) is 0 Å². The maximum atomic E-state index is 5.97. The SMILES string of the molecule is Cc1c(C(C)NCc2ccn(C)n2)oc2ccccc12. The molecule has 0 aliphatic heterocycles. The smallest absolute Gasteiger partial charge is 0.134 e. The van der Waals surface area contributed by atoms with Gasteiger partial charge in [0.1, 0.15) is 11.3 Å². The Balaban J connectivity index is 1.78. The molecule has 0 saturated carbocycles. The second kappa shape index (κ2) is 5.13. The zero-order valence-electron chi connectivity index (χ0n) is 12.1. The van der Waals surface area contributed by atoms with Gasteiger partial charge >= 0.3 is 0 Å². The average Bonchev–Trinajstić information content (AvgIpc) is 3.01. The van der Waals surface area contributed by atoms with Crippen LogP contribution in [0.15, 0.2) is 40.9 Å². The highest BCUT2D eigenvalue weighted by Crippen LogP contribution is 2.29. The van der Waals surface area contributed by atoms with Gasteiger partial charge in [0.25, 0.3) is 0 Å². The molecular formula is C16H19N3O. The lowest BCUT2D eigenvalue weighted by atomic mass is 10.1. The molecule has 3 rings (SSSR count). The minimum Gasteiger partial charge on any atom is -0.459 e. The first-order chi connectivity index (χ1) is 9.65. The van der Waals surface area contributed by atoms with E-state index in [1.807, 2.05) is 42.2 Å². The number of aryl methyl sites for hydroxylation is 2. The van der Waals surface area contributed by atoms with Gasteiger partial charge < -0.3 is 9.73 Å². The average molecular weight is 269 g/mol.